The van der Waals surface area contributed by atoms with E-state index in [2.05, 4.69) is 10.6 Å². The van der Waals surface area contributed by atoms with E-state index in [0.717, 1.165) is 22.5 Å². The molecule has 0 atom stereocenters. The van der Waals surface area contributed by atoms with Gasteiger partial charge in [-0.1, -0.05) is 12.1 Å². The molecule has 1 aliphatic heterocycles. The van der Waals surface area contributed by atoms with Crippen molar-refractivity contribution in [2.75, 3.05) is 10.6 Å². The Morgan fingerprint density at radius 1 is 1.08 bits per heavy atom. The number of aromatic hydroxyl groups is 1. The largest absolute Gasteiger partial charge is 0.508 e. The van der Waals surface area contributed by atoms with Crippen molar-refractivity contribution in [1.82, 2.24) is 0 Å². The lowest BCUT2D eigenvalue weighted by molar-refractivity contribution is -0.110. The molecule has 0 spiro atoms. The molecule has 0 unspecified atom stereocenters. The van der Waals surface area contributed by atoms with Gasteiger partial charge in [0.2, 0.25) is 0 Å². The predicted molar refractivity (Wildman–Crippen MR) is 93.0 cm³/mol. The van der Waals surface area contributed by atoms with Crippen LogP contribution in [0.1, 0.15) is 11.1 Å². The van der Waals surface area contributed by atoms with Crippen molar-refractivity contribution in [3.8, 4) is 5.75 Å². The van der Waals surface area contributed by atoms with Crippen molar-refractivity contribution >= 4 is 34.8 Å². The molecule has 0 bridgehead atoms. The fraction of sp³-hybridized carbons (Fsp3) is 0. The number of hydrogen-bond donors (Lipinski definition) is 3. The van der Waals surface area contributed by atoms with Crippen molar-refractivity contribution in [3.63, 3.8) is 0 Å². The predicted octanol–water partition coefficient (Wildman–Crippen LogP) is 4.22. The van der Waals surface area contributed by atoms with Gasteiger partial charge in [-0.2, -0.15) is 0 Å². The number of furan rings is 1. The number of fused-ring (bicyclic) bond motifs is 1. The van der Waals surface area contributed by atoms with Crippen LogP contribution in [0.25, 0.3) is 11.6 Å². The summed E-state index contributed by atoms with van der Waals surface area (Å²) < 4.78 is 5.28. The van der Waals surface area contributed by atoms with Crippen LogP contribution in [0.15, 0.2) is 65.3 Å². The SMILES string of the molecule is O=C1Nc2ccc(Nc3ccco3)cc2C1=Cc1ccc(O)cc1. The summed E-state index contributed by atoms with van der Waals surface area (Å²) in [7, 11) is 0. The number of hydrogen-bond acceptors (Lipinski definition) is 4. The maximum absolute atomic E-state index is 12.3. The summed E-state index contributed by atoms with van der Waals surface area (Å²) >= 11 is 0. The Hall–Kier alpha value is -3.47. The number of phenolic OH excluding ortho intramolecular Hbond substituents is 1. The quantitative estimate of drug-likeness (QED) is 0.632. The Labute approximate surface area is 138 Å². The van der Waals surface area contributed by atoms with Crippen molar-refractivity contribution < 1.29 is 14.3 Å². The van der Waals surface area contributed by atoms with Crippen LogP contribution < -0.4 is 10.6 Å². The van der Waals surface area contributed by atoms with E-state index in [4.69, 9.17) is 4.42 Å². The third-order valence-corrected chi connectivity index (χ3v) is 3.80. The van der Waals surface area contributed by atoms with Crippen molar-refractivity contribution in [1.29, 1.82) is 0 Å². The van der Waals surface area contributed by atoms with Gasteiger partial charge in [0.25, 0.3) is 5.91 Å². The van der Waals surface area contributed by atoms with Gasteiger partial charge >= 0.3 is 0 Å². The molecule has 4 rings (SSSR count). The zero-order valence-corrected chi connectivity index (χ0v) is 12.6. The fourth-order valence-corrected chi connectivity index (χ4v) is 2.64. The first-order valence-electron chi connectivity index (χ1n) is 7.46. The summed E-state index contributed by atoms with van der Waals surface area (Å²) in [5.74, 6) is 0.683. The molecule has 24 heavy (non-hydrogen) atoms. The standard InChI is InChI=1S/C19H14N2O3/c22-14-6-3-12(4-7-14)10-16-15-11-13(20-18-2-1-9-24-18)5-8-17(15)21-19(16)23/h1-11,20,22H,(H,21,23). The summed E-state index contributed by atoms with van der Waals surface area (Å²) in [6.07, 6.45) is 3.40. The first-order chi connectivity index (χ1) is 11.7. The maximum atomic E-state index is 12.3. The third kappa shape index (κ3) is 2.63. The molecule has 1 aromatic heterocycles. The Kier molecular flexibility index (Phi) is 3.31. The number of phenols is 1. The first-order valence-corrected chi connectivity index (χ1v) is 7.46. The van der Waals surface area contributed by atoms with Crippen LogP contribution in [-0.2, 0) is 4.79 Å². The lowest BCUT2D eigenvalue weighted by atomic mass is 10.0. The van der Waals surface area contributed by atoms with Crippen LogP contribution in [-0.4, -0.2) is 11.0 Å². The molecule has 1 aliphatic rings. The molecule has 1 amide bonds. The second-order valence-corrected chi connectivity index (χ2v) is 5.47. The average Bonchev–Trinajstić information content (AvgIpc) is 3.18. The molecule has 2 heterocycles. The van der Waals surface area contributed by atoms with Gasteiger partial charge in [0.1, 0.15) is 5.75 Å². The van der Waals surface area contributed by atoms with Crippen LogP contribution in [0.2, 0.25) is 0 Å². The minimum Gasteiger partial charge on any atom is -0.508 e. The number of nitrogens with one attached hydrogen (secondary N) is 2. The lowest BCUT2D eigenvalue weighted by Gasteiger charge is -2.06. The van der Waals surface area contributed by atoms with Gasteiger partial charge < -0.3 is 20.2 Å². The fourth-order valence-electron chi connectivity index (χ4n) is 2.64. The van der Waals surface area contributed by atoms with Crippen LogP contribution in [0.3, 0.4) is 0 Å². The molecule has 5 heteroatoms. The highest BCUT2D eigenvalue weighted by Gasteiger charge is 2.24. The Balaban J connectivity index is 1.71. The van der Waals surface area contributed by atoms with Crippen LogP contribution in [0.4, 0.5) is 17.3 Å². The summed E-state index contributed by atoms with van der Waals surface area (Å²) in [4.78, 5) is 12.3. The van der Waals surface area contributed by atoms with Crippen LogP contribution in [0.5, 0.6) is 5.75 Å². The Morgan fingerprint density at radius 3 is 2.67 bits per heavy atom. The summed E-state index contributed by atoms with van der Waals surface area (Å²) in [5.41, 5.74) is 3.85. The Bertz CT molecular complexity index is 926. The zero-order chi connectivity index (χ0) is 16.5. The maximum Gasteiger partial charge on any atom is 0.256 e. The van der Waals surface area contributed by atoms with Gasteiger partial charge in [-0.15, -0.1) is 0 Å². The third-order valence-electron chi connectivity index (χ3n) is 3.80. The van der Waals surface area contributed by atoms with Gasteiger partial charge in [0.05, 0.1) is 6.26 Å². The minimum atomic E-state index is -0.145. The summed E-state index contributed by atoms with van der Waals surface area (Å²) in [6, 6.07) is 16.0. The Morgan fingerprint density at radius 2 is 1.92 bits per heavy atom. The summed E-state index contributed by atoms with van der Waals surface area (Å²) in [5, 5.41) is 15.4. The van der Waals surface area contributed by atoms with Crippen molar-refractivity contribution in [2.45, 2.75) is 0 Å². The normalized spacial score (nSPS) is 14.5. The molecular formula is C19H14N2O3. The molecule has 0 fully saturated rings. The molecule has 5 nitrogen and oxygen atoms in total. The highest BCUT2D eigenvalue weighted by atomic mass is 16.3. The first kappa shape index (κ1) is 14.1. The molecule has 2 aromatic carbocycles. The second-order valence-electron chi connectivity index (χ2n) is 5.47. The number of carbonyl (C=O) groups is 1. The number of anilines is 3. The van der Waals surface area contributed by atoms with E-state index in [1.807, 2.05) is 24.3 Å². The van der Waals surface area contributed by atoms with E-state index >= 15 is 0 Å². The molecule has 0 radical (unpaired) electrons. The highest BCUT2D eigenvalue weighted by Crippen LogP contribution is 2.35. The van der Waals surface area contributed by atoms with E-state index in [1.165, 1.54) is 0 Å². The van der Waals surface area contributed by atoms with Gasteiger partial charge in [-0.3, -0.25) is 4.79 Å². The van der Waals surface area contributed by atoms with Gasteiger partial charge in [0.15, 0.2) is 5.88 Å². The molecular weight excluding hydrogens is 304 g/mol. The second kappa shape index (κ2) is 5.62. The lowest BCUT2D eigenvalue weighted by Crippen LogP contribution is -2.03. The van der Waals surface area contributed by atoms with Crippen molar-refractivity contribution in [3.05, 3.63) is 72.0 Å². The van der Waals surface area contributed by atoms with E-state index in [-0.39, 0.29) is 11.7 Å². The topological polar surface area (TPSA) is 74.5 Å². The average molecular weight is 318 g/mol. The van der Waals surface area contributed by atoms with Crippen molar-refractivity contribution in [2.24, 2.45) is 0 Å². The van der Waals surface area contributed by atoms with E-state index in [9.17, 15) is 9.90 Å². The number of carbonyl (C=O) groups excluding carboxylic acids is 1. The smallest absolute Gasteiger partial charge is 0.256 e. The van der Waals surface area contributed by atoms with Crippen LogP contribution >= 0.6 is 0 Å². The zero-order valence-electron chi connectivity index (χ0n) is 12.6. The molecule has 0 aliphatic carbocycles. The number of rotatable bonds is 3. The molecule has 3 aromatic rings. The van der Waals surface area contributed by atoms with E-state index < -0.39 is 0 Å². The molecule has 3 N–H and O–H groups in total. The number of benzene rings is 2. The van der Waals surface area contributed by atoms with Crippen LogP contribution in [0, 0.1) is 0 Å². The van der Waals surface area contributed by atoms with Gasteiger partial charge in [0, 0.05) is 28.6 Å². The minimum absolute atomic E-state index is 0.145. The molecule has 0 saturated carbocycles. The van der Waals surface area contributed by atoms with Gasteiger partial charge in [-0.25, -0.2) is 0 Å². The van der Waals surface area contributed by atoms with Gasteiger partial charge in [-0.05, 0) is 48.0 Å². The van der Waals surface area contributed by atoms with E-state index in [1.54, 1.807) is 42.7 Å². The monoisotopic (exact) mass is 318 g/mol. The highest BCUT2D eigenvalue weighted by molar-refractivity contribution is 6.35. The molecule has 0 saturated heterocycles. The molecule has 118 valence electrons. The summed E-state index contributed by atoms with van der Waals surface area (Å²) in [6.45, 7) is 0. The number of amides is 1. The van der Waals surface area contributed by atoms with E-state index in [0.29, 0.717) is 11.5 Å².